The van der Waals surface area contributed by atoms with Crippen molar-refractivity contribution in [2.45, 2.75) is 13.2 Å². The van der Waals surface area contributed by atoms with E-state index in [1.807, 2.05) is 6.07 Å². The molecule has 108 valence electrons. The Hall–Kier alpha value is -2.68. The molecule has 0 amide bonds. The van der Waals surface area contributed by atoms with Crippen molar-refractivity contribution in [3.63, 3.8) is 0 Å². The van der Waals surface area contributed by atoms with Gasteiger partial charge in [0.15, 0.2) is 0 Å². The Morgan fingerprint density at radius 3 is 2.48 bits per heavy atom. The SMILES string of the molecule is N#Cc1ccc(F)c(CNc2ccc(OC(F)F)cc2)c1. The summed E-state index contributed by atoms with van der Waals surface area (Å²) in [5, 5.41) is 11.7. The fraction of sp³-hybridized carbons (Fsp3) is 0.133. The van der Waals surface area contributed by atoms with Gasteiger partial charge in [0.05, 0.1) is 11.6 Å². The van der Waals surface area contributed by atoms with Crippen LogP contribution in [-0.2, 0) is 6.54 Å². The summed E-state index contributed by atoms with van der Waals surface area (Å²) < 4.78 is 41.8. The monoisotopic (exact) mass is 292 g/mol. The minimum atomic E-state index is -2.87. The van der Waals surface area contributed by atoms with E-state index in [4.69, 9.17) is 5.26 Å². The van der Waals surface area contributed by atoms with Gasteiger partial charge in [-0.1, -0.05) is 0 Å². The Bertz CT molecular complexity index is 651. The van der Waals surface area contributed by atoms with Gasteiger partial charge in [-0.3, -0.25) is 0 Å². The van der Waals surface area contributed by atoms with Crippen molar-refractivity contribution < 1.29 is 17.9 Å². The fourth-order valence-corrected chi connectivity index (χ4v) is 1.73. The largest absolute Gasteiger partial charge is 0.435 e. The predicted octanol–water partition coefficient (Wildman–Crippen LogP) is 3.91. The highest BCUT2D eigenvalue weighted by atomic mass is 19.3. The molecule has 0 saturated heterocycles. The lowest BCUT2D eigenvalue weighted by molar-refractivity contribution is -0.0498. The van der Waals surface area contributed by atoms with Crippen molar-refractivity contribution in [2.24, 2.45) is 0 Å². The fourth-order valence-electron chi connectivity index (χ4n) is 1.73. The molecule has 0 bridgehead atoms. The number of hydrogen-bond acceptors (Lipinski definition) is 3. The van der Waals surface area contributed by atoms with Crippen molar-refractivity contribution in [3.8, 4) is 11.8 Å². The predicted molar refractivity (Wildman–Crippen MR) is 71.5 cm³/mol. The highest BCUT2D eigenvalue weighted by Crippen LogP contribution is 2.19. The lowest BCUT2D eigenvalue weighted by Gasteiger charge is -2.09. The average Bonchev–Trinajstić information content (AvgIpc) is 2.47. The molecule has 0 spiro atoms. The van der Waals surface area contributed by atoms with Crippen molar-refractivity contribution in [1.82, 2.24) is 0 Å². The lowest BCUT2D eigenvalue weighted by atomic mass is 10.1. The maximum Gasteiger partial charge on any atom is 0.387 e. The average molecular weight is 292 g/mol. The number of halogens is 3. The minimum Gasteiger partial charge on any atom is -0.435 e. The second kappa shape index (κ2) is 6.66. The maximum absolute atomic E-state index is 13.6. The molecule has 0 aliphatic carbocycles. The minimum absolute atomic E-state index is 0.0493. The molecule has 0 radical (unpaired) electrons. The van der Waals surface area contributed by atoms with Crippen LogP contribution >= 0.6 is 0 Å². The third-order valence-corrected chi connectivity index (χ3v) is 2.74. The van der Waals surface area contributed by atoms with Gasteiger partial charge in [0.1, 0.15) is 11.6 Å². The van der Waals surface area contributed by atoms with E-state index in [2.05, 4.69) is 10.1 Å². The number of alkyl halides is 2. The summed E-state index contributed by atoms with van der Waals surface area (Å²) in [6.45, 7) is -2.69. The Balaban J connectivity index is 2.01. The number of benzene rings is 2. The van der Waals surface area contributed by atoms with Crippen LogP contribution in [0.5, 0.6) is 5.75 Å². The summed E-state index contributed by atoms with van der Waals surface area (Å²) in [6, 6.07) is 11.9. The number of ether oxygens (including phenoxy) is 1. The quantitative estimate of drug-likeness (QED) is 0.908. The molecule has 21 heavy (non-hydrogen) atoms. The van der Waals surface area contributed by atoms with E-state index < -0.39 is 12.4 Å². The highest BCUT2D eigenvalue weighted by molar-refractivity contribution is 5.47. The Morgan fingerprint density at radius 1 is 1.14 bits per heavy atom. The summed E-state index contributed by atoms with van der Waals surface area (Å²) in [5.74, 6) is -0.368. The van der Waals surface area contributed by atoms with Crippen LogP contribution in [0.15, 0.2) is 42.5 Å². The van der Waals surface area contributed by atoms with Crippen LogP contribution in [0.3, 0.4) is 0 Å². The molecule has 0 aliphatic rings. The van der Waals surface area contributed by atoms with Crippen LogP contribution < -0.4 is 10.1 Å². The second-order valence-corrected chi connectivity index (χ2v) is 4.17. The van der Waals surface area contributed by atoms with Crippen LogP contribution in [-0.4, -0.2) is 6.61 Å². The molecule has 1 N–H and O–H groups in total. The first kappa shape index (κ1) is 14.7. The van der Waals surface area contributed by atoms with Crippen molar-refractivity contribution >= 4 is 5.69 Å². The number of anilines is 1. The highest BCUT2D eigenvalue weighted by Gasteiger charge is 2.05. The van der Waals surface area contributed by atoms with E-state index in [0.29, 0.717) is 16.8 Å². The zero-order valence-electron chi connectivity index (χ0n) is 10.8. The van der Waals surface area contributed by atoms with Gasteiger partial charge in [0, 0.05) is 17.8 Å². The van der Waals surface area contributed by atoms with Gasteiger partial charge in [0.25, 0.3) is 0 Å². The zero-order chi connectivity index (χ0) is 15.2. The van der Waals surface area contributed by atoms with Gasteiger partial charge in [-0.25, -0.2) is 4.39 Å². The molecule has 0 atom stereocenters. The van der Waals surface area contributed by atoms with Gasteiger partial charge in [-0.15, -0.1) is 0 Å². The standard InChI is InChI=1S/C15H11F3N2O/c16-14-6-1-10(8-19)7-11(14)9-20-12-2-4-13(5-3-12)21-15(17)18/h1-7,15,20H,9H2. The molecule has 0 aromatic heterocycles. The summed E-state index contributed by atoms with van der Waals surface area (Å²) in [4.78, 5) is 0. The first-order chi connectivity index (χ1) is 10.1. The topological polar surface area (TPSA) is 45.0 Å². The van der Waals surface area contributed by atoms with Gasteiger partial charge in [-0.2, -0.15) is 14.0 Å². The van der Waals surface area contributed by atoms with E-state index in [1.54, 1.807) is 12.1 Å². The Morgan fingerprint density at radius 2 is 1.86 bits per heavy atom. The van der Waals surface area contributed by atoms with Crippen LogP contribution in [0.25, 0.3) is 0 Å². The molecule has 3 nitrogen and oxygen atoms in total. The molecule has 0 fully saturated rings. The Labute approximate surface area is 119 Å². The second-order valence-electron chi connectivity index (χ2n) is 4.17. The number of nitriles is 1. The summed E-state index contributed by atoms with van der Waals surface area (Å²) >= 11 is 0. The number of nitrogens with zero attached hydrogens (tertiary/aromatic N) is 1. The number of hydrogen-bond donors (Lipinski definition) is 1. The van der Waals surface area contributed by atoms with Gasteiger partial charge < -0.3 is 10.1 Å². The van der Waals surface area contributed by atoms with Crippen LogP contribution in [0.1, 0.15) is 11.1 Å². The van der Waals surface area contributed by atoms with Crippen LogP contribution in [0, 0.1) is 17.1 Å². The molecule has 0 aliphatic heterocycles. The molecule has 2 aromatic carbocycles. The zero-order valence-corrected chi connectivity index (χ0v) is 10.8. The molecule has 2 aromatic rings. The van der Waals surface area contributed by atoms with Crippen LogP contribution in [0.2, 0.25) is 0 Å². The third kappa shape index (κ3) is 4.14. The van der Waals surface area contributed by atoms with Crippen LogP contribution in [0.4, 0.5) is 18.9 Å². The summed E-state index contributed by atoms with van der Waals surface area (Å²) in [5.41, 5.74) is 1.34. The molecular formula is C15H11F3N2O. The molecule has 0 saturated carbocycles. The smallest absolute Gasteiger partial charge is 0.387 e. The lowest BCUT2D eigenvalue weighted by Crippen LogP contribution is -2.03. The number of nitrogens with one attached hydrogen (secondary N) is 1. The van der Waals surface area contributed by atoms with Crippen molar-refractivity contribution in [2.75, 3.05) is 5.32 Å². The normalized spacial score (nSPS) is 10.2. The van der Waals surface area contributed by atoms with Crippen molar-refractivity contribution in [1.29, 1.82) is 5.26 Å². The van der Waals surface area contributed by atoms with E-state index in [0.717, 1.165) is 0 Å². The Kier molecular flexibility index (Phi) is 4.67. The van der Waals surface area contributed by atoms with Gasteiger partial charge in [0.2, 0.25) is 0 Å². The van der Waals surface area contributed by atoms with E-state index in [-0.39, 0.29) is 12.3 Å². The molecular weight excluding hydrogens is 281 g/mol. The van der Waals surface area contributed by atoms with Gasteiger partial charge in [-0.05, 0) is 42.5 Å². The summed E-state index contributed by atoms with van der Waals surface area (Å²) in [7, 11) is 0. The summed E-state index contributed by atoms with van der Waals surface area (Å²) in [6.07, 6.45) is 0. The first-order valence-corrected chi connectivity index (χ1v) is 6.06. The molecule has 0 heterocycles. The third-order valence-electron chi connectivity index (χ3n) is 2.74. The van der Waals surface area contributed by atoms with E-state index in [9.17, 15) is 13.2 Å². The molecule has 6 heteroatoms. The van der Waals surface area contributed by atoms with Crippen molar-refractivity contribution in [3.05, 3.63) is 59.4 Å². The van der Waals surface area contributed by atoms with E-state index in [1.165, 1.54) is 30.3 Å². The van der Waals surface area contributed by atoms with Gasteiger partial charge >= 0.3 is 6.61 Å². The maximum atomic E-state index is 13.6. The number of rotatable bonds is 5. The first-order valence-electron chi connectivity index (χ1n) is 6.06. The van der Waals surface area contributed by atoms with E-state index >= 15 is 0 Å². The molecule has 2 rings (SSSR count). The molecule has 0 unspecified atom stereocenters.